The molecule has 0 unspecified atom stereocenters. The number of amides is 2. The van der Waals surface area contributed by atoms with Crippen molar-refractivity contribution in [3.63, 3.8) is 0 Å². The number of nitrogens with zero attached hydrogens (tertiary/aromatic N) is 1. The monoisotopic (exact) mass is 352 g/mol. The van der Waals surface area contributed by atoms with Crippen LogP contribution in [0.1, 0.15) is 39.1 Å². The molecule has 1 aliphatic heterocycles. The Kier molecular flexibility index (Phi) is 5.02. The Morgan fingerprint density at radius 1 is 1.08 bits per heavy atom. The van der Waals surface area contributed by atoms with E-state index in [1.807, 2.05) is 6.92 Å². The van der Waals surface area contributed by atoms with E-state index in [0.717, 1.165) is 17.7 Å². The van der Waals surface area contributed by atoms with Gasteiger partial charge in [0, 0.05) is 29.9 Å². The van der Waals surface area contributed by atoms with E-state index in [9.17, 15) is 14.4 Å². The molecule has 6 heteroatoms. The van der Waals surface area contributed by atoms with Crippen molar-refractivity contribution < 1.29 is 19.1 Å². The third-order valence-electron chi connectivity index (χ3n) is 4.42. The quantitative estimate of drug-likeness (QED) is 0.858. The van der Waals surface area contributed by atoms with Gasteiger partial charge in [0.2, 0.25) is 5.91 Å². The third-order valence-corrected chi connectivity index (χ3v) is 4.42. The lowest BCUT2D eigenvalue weighted by Gasteiger charge is -2.16. The summed E-state index contributed by atoms with van der Waals surface area (Å²) in [7, 11) is 1.31. The summed E-state index contributed by atoms with van der Waals surface area (Å²) in [4.78, 5) is 37.7. The summed E-state index contributed by atoms with van der Waals surface area (Å²) in [5.74, 6) is -0.632. The van der Waals surface area contributed by atoms with Crippen molar-refractivity contribution in [3.05, 3.63) is 59.2 Å². The van der Waals surface area contributed by atoms with Gasteiger partial charge in [0.1, 0.15) is 0 Å². The maximum Gasteiger partial charge on any atom is 0.337 e. The predicted molar refractivity (Wildman–Crippen MR) is 98.5 cm³/mol. The lowest BCUT2D eigenvalue weighted by Crippen LogP contribution is -2.23. The predicted octanol–water partition coefficient (Wildman–Crippen LogP) is 3.16. The molecule has 1 fully saturated rings. The average Bonchev–Trinajstić information content (AvgIpc) is 3.09. The number of hydrogen-bond acceptors (Lipinski definition) is 4. The van der Waals surface area contributed by atoms with Gasteiger partial charge in [-0.15, -0.1) is 0 Å². The molecule has 2 amide bonds. The van der Waals surface area contributed by atoms with Crippen LogP contribution in [-0.4, -0.2) is 31.4 Å². The number of carbonyl (C=O) groups is 3. The van der Waals surface area contributed by atoms with E-state index in [-0.39, 0.29) is 11.8 Å². The molecule has 1 N–H and O–H groups in total. The normalized spacial score (nSPS) is 13.6. The number of rotatable bonds is 4. The first-order chi connectivity index (χ1) is 12.5. The number of benzene rings is 2. The SMILES string of the molecule is COC(=O)c1ccc(C)c(NC(=O)c2ccc(N3CCCC3=O)cc2)c1. The molecular formula is C20H20N2O4. The molecule has 1 saturated heterocycles. The van der Waals surface area contributed by atoms with E-state index < -0.39 is 5.97 Å². The fourth-order valence-corrected chi connectivity index (χ4v) is 2.91. The van der Waals surface area contributed by atoms with Gasteiger partial charge in [-0.1, -0.05) is 6.07 Å². The van der Waals surface area contributed by atoms with Crippen molar-refractivity contribution >= 4 is 29.2 Å². The topological polar surface area (TPSA) is 75.7 Å². The molecule has 1 aliphatic rings. The summed E-state index contributed by atoms with van der Waals surface area (Å²) in [6, 6.07) is 11.9. The van der Waals surface area contributed by atoms with Crippen molar-refractivity contribution in [1.29, 1.82) is 0 Å². The molecule has 6 nitrogen and oxygen atoms in total. The first kappa shape index (κ1) is 17.7. The molecule has 134 valence electrons. The van der Waals surface area contributed by atoms with E-state index >= 15 is 0 Å². The standard InChI is InChI=1S/C20H20N2O4/c1-13-5-6-15(20(25)26-2)12-17(13)21-19(24)14-7-9-16(10-8-14)22-11-3-4-18(22)23/h5-10,12H,3-4,11H2,1-2H3,(H,21,24). The van der Waals surface area contributed by atoms with E-state index in [0.29, 0.717) is 29.8 Å². The number of ether oxygens (including phenoxy) is 1. The number of hydrogen-bond donors (Lipinski definition) is 1. The van der Waals surface area contributed by atoms with Crippen LogP contribution in [0.15, 0.2) is 42.5 Å². The van der Waals surface area contributed by atoms with Crippen molar-refractivity contribution in [3.8, 4) is 0 Å². The van der Waals surface area contributed by atoms with Gasteiger partial charge in [-0.05, 0) is 55.3 Å². The first-order valence-corrected chi connectivity index (χ1v) is 8.40. The fourth-order valence-electron chi connectivity index (χ4n) is 2.91. The zero-order valence-electron chi connectivity index (χ0n) is 14.7. The maximum absolute atomic E-state index is 12.5. The lowest BCUT2D eigenvalue weighted by molar-refractivity contribution is -0.117. The summed E-state index contributed by atoms with van der Waals surface area (Å²) in [6.45, 7) is 2.56. The van der Waals surface area contributed by atoms with Gasteiger partial charge in [-0.25, -0.2) is 4.79 Å². The van der Waals surface area contributed by atoms with E-state index in [1.165, 1.54) is 7.11 Å². The van der Waals surface area contributed by atoms with E-state index in [2.05, 4.69) is 5.32 Å². The Labute approximate surface area is 151 Å². The minimum atomic E-state index is -0.458. The number of nitrogens with one attached hydrogen (secondary N) is 1. The third kappa shape index (κ3) is 3.59. The summed E-state index contributed by atoms with van der Waals surface area (Å²) < 4.78 is 4.71. The Balaban J connectivity index is 1.76. The minimum Gasteiger partial charge on any atom is -0.465 e. The fraction of sp³-hybridized carbons (Fsp3) is 0.250. The minimum absolute atomic E-state index is 0.109. The molecule has 0 spiro atoms. The molecule has 3 rings (SSSR count). The Morgan fingerprint density at radius 2 is 1.77 bits per heavy atom. The Hall–Kier alpha value is -3.15. The zero-order chi connectivity index (χ0) is 18.7. The van der Waals surface area contributed by atoms with Crippen molar-refractivity contribution in [1.82, 2.24) is 0 Å². The van der Waals surface area contributed by atoms with Gasteiger partial charge in [0.05, 0.1) is 12.7 Å². The van der Waals surface area contributed by atoms with Crippen molar-refractivity contribution in [2.24, 2.45) is 0 Å². The van der Waals surface area contributed by atoms with Crippen LogP contribution in [0.5, 0.6) is 0 Å². The molecular weight excluding hydrogens is 332 g/mol. The summed E-state index contributed by atoms with van der Waals surface area (Å²) in [6.07, 6.45) is 1.43. The number of esters is 1. The second-order valence-electron chi connectivity index (χ2n) is 6.17. The van der Waals surface area contributed by atoms with Crippen molar-refractivity contribution in [2.45, 2.75) is 19.8 Å². The van der Waals surface area contributed by atoms with E-state index in [4.69, 9.17) is 4.74 Å². The van der Waals surface area contributed by atoms with Crippen LogP contribution >= 0.6 is 0 Å². The summed E-state index contributed by atoms with van der Waals surface area (Å²) in [5, 5.41) is 2.82. The van der Waals surface area contributed by atoms with Gasteiger partial charge in [-0.2, -0.15) is 0 Å². The number of aryl methyl sites for hydroxylation is 1. The molecule has 1 heterocycles. The average molecular weight is 352 g/mol. The molecule has 2 aromatic rings. The molecule has 0 atom stereocenters. The highest BCUT2D eigenvalue weighted by Crippen LogP contribution is 2.23. The van der Waals surface area contributed by atoms with Crippen LogP contribution < -0.4 is 10.2 Å². The van der Waals surface area contributed by atoms with Crippen LogP contribution in [-0.2, 0) is 9.53 Å². The smallest absolute Gasteiger partial charge is 0.337 e. The highest BCUT2D eigenvalue weighted by molar-refractivity contribution is 6.06. The number of methoxy groups -OCH3 is 1. The van der Waals surface area contributed by atoms with Crippen LogP contribution in [0.25, 0.3) is 0 Å². The van der Waals surface area contributed by atoms with E-state index in [1.54, 1.807) is 47.4 Å². The van der Waals surface area contributed by atoms with Gasteiger partial charge in [-0.3, -0.25) is 9.59 Å². The molecule has 0 bridgehead atoms. The highest BCUT2D eigenvalue weighted by atomic mass is 16.5. The molecule has 26 heavy (non-hydrogen) atoms. The van der Waals surface area contributed by atoms with Crippen LogP contribution in [0.2, 0.25) is 0 Å². The largest absolute Gasteiger partial charge is 0.465 e. The van der Waals surface area contributed by atoms with Crippen LogP contribution in [0.4, 0.5) is 11.4 Å². The second kappa shape index (κ2) is 7.39. The molecule has 0 radical (unpaired) electrons. The van der Waals surface area contributed by atoms with Crippen molar-refractivity contribution in [2.75, 3.05) is 23.9 Å². The van der Waals surface area contributed by atoms with Gasteiger partial charge >= 0.3 is 5.97 Å². The number of anilines is 2. The summed E-state index contributed by atoms with van der Waals surface area (Å²) in [5.41, 5.74) is 3.04. The zero-order valence-corrected chi connectivity index (χ0v) is 14.7. The van der Waals surface area contributed by atoms with Crippen LogP contribution in [0.3, 0.4) is 0 Å². The number of carbonyl (C=O) groups excluding carboxylic acids is 3. The van der Waals surface area contributed by atoms with Gasteiger partial charge < -0.3 is 15.0 Å². The molecule has 0 aromatic heterocycles. The van der Waals surface area contributed by atoms with Crippen LogP contribution in [0, 0.1) is 6.92 Å². The molecule has 0 saturated carbocycles. The highest BCUT2D eigenvalue weighted by Gasteiger charge is 2.21. The first-order valence-electron chi connectivity index (χ1n) is 8.40. The Morgan fingerprint density at radius 3 is 2.38 bits per heavy atom. The lowest BCUT2D eigenvalue weighted by atomic mass is 10.1. The summed E-state index contributed by atoms with van der Waals surface area (Å²) >= 11 is 0. The molecule has 2 aromatic carbocycles. The van der Waals surface area contributed by atoms with Gasteiger partial charge in [0.25, 0.3) is 5.91 Å². The molecule has 0 aliphatic carbocycles. The Bertz CT molecular complexity index is 859. The maximum atomic E-state index is 12.5. The second-order valence-corrected chi connectivity index (χ2v) is 6.17. The van der Waals surface area contributed by atoms with Gasteiger partial charge in [0.15, 0.2) is 0 Å².